The second-order valence-corrected chi connectivity index (χ2v) is 13.7. The van der Waals surface area contributed by atoms with Crippen LogP contribution in [0.1, 0.15) is 81.6 Å². The van der Waals surface area contributed by atoms with E-state index in [0.29, 0.717) is 0 Å². The Hall–Kier alpha value is -0.263. The topological polar surface area (TPSA) is 9.23 Å². The summed E-state index contributed by atoms with van der Waals surface area (Å²) < 4.78 is 5.75. The van der Waals surface area contributed by atoms with Crippen LogP contribution in [0.3, 0.4) is 0 Å². The lowest BCUT2D eigenvalue weighted by atomic mass is 10.2. The Morgan fingerprint density at radius 2 is 1.33 bits per heavy atom. The monoisotopic (exact) mass is 310 g/mol. The molecule has 0 aliphatic carbocycles. The van der Waals surface area contributed by atoms with Crippen LogP contribution >= 0.6 is 0 Å². The van der Waals surface area contributed by atoms with Gasteiger partial charge in [-0.05, 0) is 50.2 Å². The minimum atomic E-state index is -1.52. The van der Waals surface area contributed by atoms with Crippen LogP contribution in [0.5, 0.6) is 0 Å². The highest BCUT2D eigenvalue weighted by Crippen LogP contribution is 2.40. The molecule has 0 aromatic carbocycles. The van der Waals surface area contributed by atoms with Gasteiger partial charge in [0, 0.05) is 13.0 Å². The van der Waals surface area contributed by atoms with Gasteiger partial charge in [-0.1, -0.05) is 41.5 Å². The fourth-order valence-corrected chi connectivity index (χ4v) is 8.64. The van der Waals surface area contributed by atoms with Crippen LogP contribution in [-0.4, -0.2) is 20.3 Å². The summed E-state index contributed by atoms with van der Waals surface area (Å²) in [6.07, 6.45) is 3.29. The first kappa shape index (κ1) is 20.7. The van der Waals surface area contributed by atoms with E-state index in [1.165, 1.54) is 0 Å². The predicted molar refractivity (Wildman–Crippen MR) is 98.4 cm³/mol. The summed E-state index contributed by atoms with van der Waals surface area (Å²) in [6, 6.07) is 0. The normalized spacial score (nSPS) is 13.0. The van der Waals surface area contributed by atoms with E-state index in [-0.39, 0.29) is 5.60 Å². The van der Waals surface area contributed by atoms with Crippen LogP contribution in [0, 0.1) is 11.5 Å². The molecule has 0 atom stereocenters. The van der Waals surface area contributed by atoms with Crippen molar-refractivity contribution >= 4 is 8.07 Å². The molecule has 0 rings (SSSR count). The first-order valence-electron chi connectivity index (χ1n) is 8.68. The summed E-state index contributed by atoms with van der Waals surface area (Å²) in [5.74, 6) is 3.52. The van der Waals surface area contributed by atoms with E-state index in [4.69, 9.17) is 4.74 Å². The molecule has 0 aliphatic rings. The zero-order valence-corrected chi connectivity index (χ0v) is 17.0. The molecule has 0 unspecified atom stereocenters. The quantitative estimate of drug-likeness (QED) is 0.309. The molecule has 0 N–H and O–H groups in total. The van der Waals surface area contributed by atoms with E-state index in [9.17, 15) is 0 Å². The predicted octanol–water partition coefficient (Wildman–Crippen LogP) is 6.19. The third-order valence-corrected chi connectivity index (χ3v) is 10.7. The SMILES string of the molecule is CC(C)[Si](C#CCCCCOC(C)(C)C)(C(C)C)C(C)C. The van der Waals surface area contributed by atoms with Gasteiger partial charge in [0.15, 0.2) is 0 Å². The standard InChI is InChI=1S/C19H38OSi/c1-16(2)21(17(3)4,18(5)6)15-13-11-10-12-14-20-19(7,8)9/h16-18H,10-12,14H2,1-9H3. The van der Waals surface area contributed by atoms with Gasteiger partial charge < -0.3 is 4.74 Å². The molecule has 0 aromatic heterocycles. The lowest BCUT2D eigenvalue weighted by molar-refractivity contribution is -0.00442. The van der Waals surface area contributed by atoms with E-state index in [1.54, 1.807) is 0 Å². The Morgan fingerprint density at radius 1 is 0.857 bits per heavy atom. The summed E-state index contributed by atoms with van der Waals surface area (Å²) in [5, 5.41) is 0. The van der Waals surface area contributed by atoms with Gasteiger partial charge in [-0.3, -0.25) is 0 Å². The van der Waals surface area contributed by atoms with Gasteiger partial charge in [0.05, 0.1) is 5.60 Å². The second-order valence-electron chi connectivity index (χ2n) is 8.12. The molecule has 21 heavy (non-hydrogen) atoms. The number of hydrogen-bond acceptors (Lipinski definition) is 1. The molecule has 0 fully saturated rings. The molecular formula is C19H38OSi. The van der Waals surface area contributed by atoms with Crippen LogP contribution < -0.4 is 0 Å². The number of unbranched alkanes of at least 4 members (excludes halogenated alkanes) is 2. The molecule has 1 nitrogen and oxygen atoms in total. The van der Waals surface area contributed by atoms with E-state index in [1.807, 2.05) is 0 Å². The third-order valence-electron chi connectivity index (χ3n) is 4.40. The van der Waals surface area contributed by atoms with Crippen molar-refractivity contribution in [1.29, 1.82) is 0 Å². The summed E-state index contributed by atoms with van der Waals surface area (Å²) in [5.41, 5.74) is 5.97. The van der Waals surface area contributed by atoms with Crippen molar-refractivity contribution < 1.29 is 4.74 Å². The molecule has 0 heterocycles. The summed E-state index contributed by atoms with van der Waals surface area (Å²) >= 11 is 0. The average molecular weight is 311 g/mol. The number of ether oxygens (including phenoxy) is 1. The lowest BCUT2D eigenvalue weighted by Gasteiger charge is -2.38. The van der Waals surface area contributed by atoms with Gasteiger partial charge in [-0.25, -0.2) is 0 Å². The van der Waals surface area contributed by atoms with Crippen LogP contribution in [0.4, 0.5) is 0 Å². The highest BCUT2D eigenvalue weighted by atomic mass is 28.3. The van der Waals surface area contributed by atoms with E-state index >= 15 is 0 Å². The van der Waals surface area contributed by atoms with Crippen molar-refractivity contribution in [3.05, 3.63) is 0 Å². The van der Waals surface area contributed by atoms with Crippen molar-refractivity contribution in [2.75, 3.05) is 6.61 Å². The van der Waals surface area contributed by atoms with Crippen molar-refractivity contribution in [2.45, 2.75) is 104 Å². The molecule has 0 saturated carbocycles. The Kier molecular flexibility index (Phi) is 8.89. The molecule has 0 spiro atoms. The largest absolute Gasteiger partial charge is 0.376 e. The fourth-order valence-electron chi connectivity index (χ4n) is 3.34. The van der Waals surface area contributed by atoms with E-state index in [2.05, 4.69) is 73.8 Å². The smallest absolute Gasteiger partial charge is 0.145 e. The Bertz CT molecular complexity index is 317. The summed E-state index contributed by atoms with van der Waals surface area (Å²) in [6.45, 7) is 21.4. The average Bonchev–Trinajstić information content (AvgIpc) is 2.29. The molecule has 0 aliphatic heterocycles. The summed E-state index contributed by atoms with van der Waals surface area (Å²) in [7, 11) is -1.52. The molecule has 2 heteroatoms. The fraction of sp³-hybridized carbons (Fsp3) is 0.895. The molecule has 0 amide bonds. The van der Waals surface area contributed by atoms with Gasteiger partial charge in [-0.15, -0.1) is 11.5 Å². The van der Waals surface area contributed by atoms with Crippen LogP contribution in [0.2, 0.25) is 16.6 Å². The van der Waals surface area contributed by atoms with Crippen molar-refractivity contribution in [3.63, 3.8) is 0 Å². The zero-order valence-electron chi connectivity index (χ0n) is 16.0. The van der Waals surface area contributed by atoms with Crippen LogP contribution in [-0.2, 0) is 4.74 Å². The maximum absolute atomic E-state index is 5.75. The number of hydrogen-bond donors (Lipinski definition) is 0. The zero-order chi connectivity index (χ0) is 16.7. The lowest BCUT2D eigenvalue weighted by Crippen LogP contribution is -2.43. The van der Waals surface area contributed by atoms with Gasteiger partial charge in [0.1, 0.15) is 8.07 Å². The van der Waals surface area contributed by atoms with Crippen molar-refractivity contribution in [1.82, 2.24) is 0 Å². The number of rotatable bonds is 7. The first-order valence-corrected chi connectivity index (χ1v) is 10.9. The Labute approximate surface area is 135 Å². The highest BCUT2D eigenvalue weighted by molar-refractivity contribution is 6.90. The third kappa shape index (κ3) is 7.02. The molecule has 0 radical (unpaired) electrons. The molecule has 124 valence electrons. The molecule has 0 saturated heterocycles. The van der Waals surface area contributed by atoms with Gasteiger partial charge in [-0.2, -0.15) is 0 Å². The van der Waals surface area contributed by atoms with Crippen LogP contribution in [0.15, 0.2) is 0 Å². The molecule has 0 aromatic rings. The maximum Gasteiger partial charge on any atom is 0.145 e. The minimum Gasteiger partial charge on any atom is -0.376 e. The second kappa shape index (κ2) is 9.01. The molecular weight excluding hydrogens is 272 g/mol. The summed E-state index contributed by atoms with van der Waals surface area (Å²) in [4.78, 5) is 0. The van der Waals surface area contributed by atoms with Crippen LogP contribution in [0.25, 0.3) is 0 Å². The van der Waals surface area contributed by atoms with E-state index < -0.39 is 8.07 Å². The van der Waals surface area contributed by atoms with Crippen molar-refractivity contribution in [3.8, 4) is 11.5 Å². The molecule has 0 bridgehead atoms. The first-order chi connectivity index (χ1) is 9.54. The highest BCUT2D eigenvalue weighted by Gasteiger charge is 2.41. The van der Waals surface area contributed by atoms with Gasteiger partial charge in [0.25, 0.3) is 0 Å². The van der Waals surface area contributed by atoms with Gasteiger partial charge in [0.2, 0.25) is 0 Å². The Balaban J connectivity index is 4.44. The van der Waals surface area contributed by atoms with Crippen molar-refractivity contribution in [2.24, 2.45) is 0 Å². The van der Waals surface area contributed by atoms with E-state index in [0.717, 1.165) is 42.5 Å². The maximum atomic E-state index is 5.75. The Morgan fingerprint density at radius 3 is 1.71 bits per heavy atom. The van der Waals surface area contributed by atoms with Gasteiger partial charge >= 0.3 is 0 Å². The minimum absolute atomic E-state index is 0.0132.